The number of Topliss-reactive ketones (excluding diaryl/α,β-unsaturated/α-hetero) is 1. The van der Waals surface area contributed by atoms with Crippen LogP contribution in [0.5, 0.6) is 0 Å². The van der Waals surface area contributed by atoms with Crippen molar-refractivity contribution in [3.8, 4) is 0 Å². The molecular weight excluding hydrogens is 348 g/mol. The lowest BCUT2D eigenvalue weighted by Crippen LogP contribution is -2.29. The lowest BCUT2D eigenvalue weighted by Gasteiger charge is -2.38. The number of carbonyl (C=O) groups excluding carboxylic acids is 1. The molecule has 0 heterocycles. The Morgan fingerprint density at radius 2 is 1.56 bits per heavy atom. The van der Waals surface area contributed by atoms with Crippen LogP contribution in [0.3, 0.4) is 0 Å². The molecule has 158 valence electrons. The fourth-order valence-electron chi connectivity index (χ4n) is 4.67. The first kappa shape index (κ1) is 24.8. The van der Waals surface area contributed by atoms with Gasteiger partial charge < -0.3 is 0 Å². The van der Waals surface area contributed by atoms with Crippen LogP contribution in [0.4, 0.5) is 0 Å². The van der Waals surface area contributed by atoms with Crippen molar-refractivity contribution in [3.63, 3.8) is 0 Å². The van der Waals surface area contributed by atoms with Crippen LogP contribution in [0.2, 0.25) is 0 Å². The molecule has 0 spiro atoms. The summed E-state index contributed by atoms with van der Waals surface area (Å²) in [5.74, 6) is 1.55. The Labute approximate surface area is 174 Å². The maximum Gasteiger partial charge on any atom is 0.131 e. The molecule has 1 nitrogen and oxygen atoms in total. The van der Waals surface area contributed by atoms with Gasteiger partial charge in [-0.25, -0.2) is 0 Å². The Morgan fingerprint density at radius 3 is 2.07 bits per heavy atom. The van der Waals surface area contributed by atoms with E-state index in [-0.39, 0.29) is 5.41 Å². The quantitative estimate of drug-likeness (QED) is 0.204. The molecule has 0 aromatic carbocycles. The number of unbranched alkanes of at least 4 members (excludes halogenated alkanes) is 9. The second-order valence-electron chi connectivity index (χ2n) is 9.38. The van der Waals surface area contributed by atoms with E-state index in [2.05, 4.69) is 39.5 Å². The lowest BCUT2D eigenvalue weighted by molar-refractivity contribution is -0.116. The molecule has 0 amide bonds. The van der Waals surface area contributed by atoms with Crippen LogP contribution in [-0.4, -0.2) is 16.8 Å². The van der Waals surface area contributed by atoms with E-state index in [0.717, 1.165) is 6.42 Å². The summed E-state index contributed by atoms with van der Waals surface area (Å²) in [5.41, 5.74) is 3.43. The number of ketones is 1. The SMILES string of the molecule is CCCCCCCCCCCCSC(CC(C)=O)C1=C(C)CCCC1(C)C. The van der Waals surface area contributed by atoms with Gasteiger partial charge >= 0.3 is 0 Å². The number of thioether (sulfide) groups is 1. The minimum Gasteiger partial charge on any atom is -0.300 e. The fourth-order valence-corrected chi connectivity index (χ4v) is 6.37. The van der Waals surface area contributed by atoms with Gasteiger partial charge in [-0.15, -0.1) is 0 Å². The molecule has 0 bridgehead atoms. The van der Waals surface area contributed by atoms with Crippen molar-refractivity contribution in [2.45, 2.75) is 130 Å². The fraction of sp³-hybridized carbons (Fsp3) is 0.880. The zero-order valence-corrected chi connectivity index (χ0v) is 19.8. The molecule has 0 saturated heterocycles. The molecule has 0 N–H and O–H groups in total. The molecule has 0 aliphatic heterocycles. The molecular formula is C25H46OS. The average molecular weight is 395 g/mol. The second kappa shape index (κ2) is 13.9. The molecule has 0 radical (unpaired) electrons. The van der Waals surface area contributed by atoms with Crippen LogP contribution in [0, 0.1) is 5.41 Å². The van der Waals surface area contributed by atoms with Crippen LogP contribution in [0.25, 0.3) is 0 Å². The molecule has 0 saturated carbocycles. The Hall–Kier alpha value is -0.240. The highest BCUT2D eigenvalue weighted by Gasteiger charge is 2.34. The summed E-state index contributed by atoms with van der Waals surface area (Å²) in [6, 6.07) is 0. The van der Waals surface area contributed by atoms with Crippen molar-refractivity contribution in [1.29, 1.82) is 0 Å². The molecule has 1 unspecified atom stereocenters. The highest BCUT2D eigenvalue weighted by molar-refractivity contribution is 8.00. The summed E-state index contributed by atoms with van der Waals surface area (Å²) >= 11 is 2.06. The van der Waals surface area contributed by atoms with E-state index in [1.54, 1.807) is 18.1 Å². The van der Waals surface area contributed by atoms with Gasteiger partial charge in [-0.05, 0) is 50.7 Å². The smallest absolute Gasteiger partial charge is 0.131 e. The molecule has 27 heavy (non-hydrogen) atoms. The van der Waals surface area contributed by atoms with Gasteiger partial charge in [-0.1, -0.05) is 89.7 Å². The van der Waals surface area contributed by atoms with Crippen molar-refractivity contribution in [2.75, 3.05) is 5.75 Å². The number of hydrogen-bond donors (Lipinski definition) is 0. The number of rotatable bonds is 15. The molecule has 0 aromatic rings. The van der Waals surface area contributed by atoms with Gasteiger partial charge in [0.25, 0.3) is 0 Å². The Morgan fingerprint density at radius 1 is 1.00 bits per heavy atom. The van der Waals surface area contributed by atoms with Gasteiger partial charge in [0, 0.05) is 11.7 Å². The van der Waals surface area contributed by atoms with Crippen LogP contribution >= 0.6 is 11.8 Å². The predicted octanol–water partition coefficient (Wildman–Crippen LogP) is 8.51. The molecule has 2 heteroatoms. The molecule has 0 aromatic heterocycles. The maximum atomic E-state index is 11.9. The predicted molar refractivity (Wildman–Crippen MR) is 124 cm³/mol. The Kier molecular flexibility index (Phi) is 12.7. The summed E-state index contributed by atoms with van der Waals surface area (Å²) < 4.78 is 0. The van der Waals surface area contributed by atoms with E-state index in [1.165, 1.54) is 89.2 Å². The van der Waals surface area contributed by atoms with Crippen LogP contribution < -0.4 is 0 Å². The third kappa shape index (κ3) is 10.2. The number of carbonyl (C=O) groups is 1. The van der Waals surface area contributed by atoms with E-state index in [0.29, 0.717) is 11.0 Å². The summed E-state index contributed by atoms with van der Waals surface area (Å²) in [6.45, 7) is 11.1. The summed E-state index contributed by atoms with van der Waals surface area (Å²) in [5, 5.41) is 0.413. The monoisotopic (exact) mass is 394 g/mol. The van der Waals surface area contributed by atoms with Crippen molar-refractivity contribution in [1.82, 2.24) is 0 Å². The van der Waals surface area contributed by atoms with Gasteiger partial charge in [0.2, 0.25) is 0 Å². The van der Waals surface area contributed by atoms with E-state index >= 15 is 0 Å². The molecule has 1 aliphatic rings. The van der Waals surface area contributed by atoms with Gasteiger partial charge in [0.1, 0.15) is 5.78 Å². The third-order valence-electron chi connectivity index (χ3n) is 6.15. The summed E-state index contributed by atoms with van der Waals surface area (Å²) in [4.78, 5) is 11.9. The largest absolute Gasteiger partial charge is 0.300 e. The second-order valence-corrected chi connectivity index (χ2v) is 10.7. The normalized spacial score (nSPS) is 18.0. The topological polar surface area (TPSA) is 17.1 Å². The van der Waals surface area contributed by atoms with Crippen molar-refractivity contribution in [2.24, 2.45) is 5.41 Å². The van der Waals surface area contributed by atoms with E-state index in [4.69, 9.17) is 0 Å². The molecule has 1 rings (SSSR count). The van der Waals surface area contributed by atoms with Crippen LogP contribution in [0.15, 0.2) is 11.1 Å². The van der Waals surface area contributed by atoms with Gasteiger partial charge in [0.05, 0.1) is 0 Å². The standard InChI is InChI=1S/C25H46OS/c1-6-7-8-9-10-11-12-13-14-15-19-27-23(20-22(3)26)24-21(2)17-16-18-25(24,4)5/h23H,6-20H2,1-5H3. The average Bonchev–Trinajstić information content (AvgIpc) is 2.58. The Balaban J connectivity index is 2.31. The van der Waals surface area contributed by atoms with Gasteiger partial charge in [-0.3, -0.25) is 4.79 Å². The van der Waals surface area contributed by atoms with Gasteiger partial charge in [-0.2, -0.15) is 11.8 Å². The third-order valence-corrected chi connectivity index (χ3v) is 7.48. The van der Waals surface area contributed by atoms with Crippen molar-refractivity contribution in [3.05, 3.63) is 11.1 Å². The van der Waals surface area contributed by atoms with E-state index < -0.39 is 0 Å². The minimum atomic E-state index is 0.271. The molecule has 1 atom stereocenters. The lowest BCUT2D eigenvalue weighted by atomic mass is 9.71. The van der Waals surface area contributed by atoms with Gasteiger partial charge in [0.15, 0.2) is 0 Å². The van der Waals surface area contributed by atoms with Crippen molar-refractivity contribution >= 4 is 17.5 Å². The molecule has 0 fully saturated rings. The van der Waals surface area contributed by atoms with Crippen molar-refractivity contribution < 1.29 is 4.79 Å². The number of allylic oxidation sites excluding steroid dienone is 1. The zero-order valence-electron chi connectivity index (χ0n) is 19.0. The van der Waals surface area contributed by atoms with E-state index in [1.807, 2.05) is 0 Å². The number of hydrogen-bond acceptors (Lipinski definition) is 2. The summed E-state index contributed by atoms with van der Waals surface area (Å²) in [7, 11) is 0. The van der Waals surface area contributed by atoms with Crippen LogP contribution in [-0.2, 0) is 4.79 Å². The first-order valence-electron chi connectivity index (χ1n) is 11.7. The van der Waals surface area contributed by atoms with Crippen LogP contribution in [0.1, 0.15) is 125 Å². The minimum absolute atomic E-state index is 0.271. The first-order valence-corrected chi connectivity index (χ1v) is 12.7. The van der Waals surface area contributed by atoms with E-state index in [9.17, 15) is 4.79 Å². The highest BCUT2D eigenvalue weighted by atomic mass is 32.2. The highest BCUT2D eigenvalue weighted by Crippen LogP contribution is 2.46. The Bertz CT molecular complexity index is 449. The zero-order chi connectivity index (χ0) is 20.1. The maximum absolute atomic E-state index is 11.9. The summed E-state index contributed by atoms with van der Waals surface area (Å²) in [6.07, 6.45) is 18.4. The molecule has 1 aliphatic carbocycles. The first-order chi connectivity index (χ1) is 12.9.